The van der Waals surface area contributed by atoms with Gasteiger partial charge in [-0.3, -0.25) is 0 Å². The topological polar surface area (TPSA) is 58.9 Å². The molecule has 0 aromatic carbocycles. The Labute approximate surface area is 78.5 Å². The lowest BCUT2D eigenvalue weighted by atomic mass is 9.99. The van der Waals surface area contributed by atoms with Gasteiger partial charge in [-0.25, -0.2) is 0 Å². The smallest absolute Gasteiger partial charge is 0.163 e. The Morgan fingerprint density at radius 2 is 2.15 bits per heavy atom. The summed E-state index contributed by atoms with van der Waals surface area (Å²) in [6.45, 7) is 5.76. The van der Waals surface area contributed by atoms with Crippen molar-refractivity contribution >= 4 is 0 Å². The molecule has 1 aliphatic rings. The third kappa shape index (κ3) is 2.64. The molecule has 3 atom stereocenters. The summed E-state index contributed by atoms with van der Waals surface area (Å²) in [5.74, 6) is -0.666. The van der Waals surface area contributed by atoms with E-state index >= 15 is 0 Å². The summed E-state index contributed by atoms with van der Waals surface area (Å²) in [6, 6.07) is 0. The van der Waals surface area contributed by atoms with Crippen molar-refractivity contribution in [2.24, 2.45) is 5.92 Å². The van der Waals surface area contributed by atoms with Crippen LogP contribution in [-0.4, -0.2) is 41.4 Å². The van der Waals surface area contributed by atoms with Crippen molar-refractivity contribution in [1.29, 1.82) is 0 Å². The predicted molar refractivity (Wildman–Crippen MR) is 47.2 cm³/mol. The highest BCUT2D eigenvalue weighted by atomic mass is 16.7. The number of hydrogen-bond acceptors (Lipinski definition) is 4. The van der Waals surface area contributed by atoms with E-state index in [1.54, 1.807) is 0 Å². The first-order valence-electron chi connectivity index (χ1n) is 4.57. The largest absolute Gasteiger partial charge is 0.394 e. The van der Waals surface area contributed by atoms with Crippen LogP contribution >= 0.6 is 0 Å². The fraction of sp³-hybridized carbons (Fsp3) is 1.00. The zero-order valence-electron chi connectivity index (χ0n) is 8.36. The molecule has 0 radical (unpaired) electrons. The van der Waals surface area contributed by atoms with Gasteiger partial charge in [0.25, 0.3) is 0 Å². The molecule has 2 unspecified atom stereocenters. The Hall–Kier alpha value is -0.160. The zero-order chi connectivity index (χ0) is 10.1. The molecule has 78 valence electrons. The SMILES string of the molecule is CC(C(O)CO)[C@H]1COC(C)(C)O1. The van der Waals surface area contributed by atoms with Gasteiger partial charge in [0.05, 0.1) is 25.4 Å². The molecule has 0 saturated carbocycles. The maximum absolute atomic E-state index is 9.37. The van der Waals surface area contributed by atoms with Crippen molar-refractivity contribution < 1.29 is 19.7 Å². The first-order valence-corrected chi connectivity index (χ1v) is 4.57. The Morgan fingerprint density at radius 3 is 2.54 bits per heavy atom. The number of hydrogen-bond donors (Lipinski definition) is 2. The molecular formula is C9H18O4. The fourth-order valence-corrected chi connectivity index (χ4v) is 1.39. The summed E-state index contributed by atoms with van der Waals surface area (Å²) in [6.07, 6.45) is -0.861. The van der Waals surface area contributed by atoms with E-state index in [-0.39, 0.29) is 18.6 Å². The summed E-state index contributed by atoms with van der Waals surface area (Å²) in [4.78, 5) is 0. The summed E-state index contributed by atoms with van der Waals surface area (Å²) in [5.41, 5.74) is 0. The number of aliphatic hydroxyl groups is 2. The van der Waals surface area contributed by atoms with Crippen molar-refractivity contribution in [2.75, 3.05) is 13.2 Å². The minimum Gasteiger partial charge on any atom is -0.394 e. The predicted octanol–water partition coefficient (Wildman–Crippen LogP) is 0.127. The molecule has 13 heavy (non-hydrogen) atoms. The van der Waals surface area contributed by atoms with E-state index in [9.17, 15) is 5.11 Å². The van der Waals surface area contributed by atoms with Crippen LogP contribution in [0.5, 0.6) is 0 Å². The second-order valence-corrected chi connectivity index (χ2v) is 3.98. The molecule has 1 fully saturated rings. The minimum atomic E-state index is -0.734. The van der Waals surface area contributed by atoms with E-state index in [0.717, 1.165) is 0 Å². The second kappa shape index (κ2) is 3.92. The van der Waals surface area contributed by atoms with Gasteiger partial charge in [0, 0.05) is 5.92 Å². The van der Waals surface area contributed by atoms with Crippen LogP contribution in [0.15, 0.2) is 0 Å². The van der Waals surface area contributed by atoms with Gasteiger partial charge in [0.1, 0.15) is 0 Å². The molecule has 0 amide bonds. The zero-order valence-corrected chi connectivity index (χ0v) is 8.36. The number of rotatable bonds is 3. The van der Waals surface area contributed by atoms with Crippen LogP contribution in [0.2, 0.25) is 0 Å². The van der Waals surface area contributed by atoms with E-state index < -0.39 is 11.9 Å². The van der Waals surface area contributed by atoms with Crippen LogP contribution in [0.25, 0.3) is 0 Å². The average molecular weight is 190 g/mol. The molecule has 1 heterocycles. The second-order valence-electron chi connectivity index (χ2n) is 3.98. The van der Waals surface area contributed by atoms with Crippen molar-refractivity contribution in [2.45, 2.75) is 38.8 Å². The number of ether oxygens (including phenoxy) is 2. The van der Waals surface area contributed by atoms with Gasteiger partial charge in [-0.1, -0.05) is 6.92 Å². The highest BCUT2D eigenvalue weighted by Crippen LogP contribution is 2.27. The van der Waals surface area contributed by atoms with E-state index in [0.29, 0.717) is 6.61 Å². The highest BCUT2D eigenvalue weighted by molar-refractivity contribution is 4.79. The Bertz CT molecular complexity index is 169. The lowest BCUT2D eigenvalue weighted by Gasteiger charge is -2.23. The molecule has 0 aromatic rings. The Balaban J connectivity index is 2.46. The van der Waals surface area contributed by atoms with Crippen molar-refractivity contribution in [1.82, 2.24) is 0 Å². The molecule has 0 bridgehead atoms. The van der Waals surface area contributed by atoms with Gasteiger partial charge >= 0.3 is 0 Å². The van der Waals surface area contributed by atoms with Gasteiger partial charge in [0.2, 0.25) is 0 Å². The van der Waals surface area contributed by atoms with Crippen LogP contribution in [-0.2, 0) is 9.47 Å². The molecule has 1 aliphatic heterocycles. The van der Waals surface area contributed by atoms with Gasteiger partial charge in [-0.05, 0) is 13.8 Å². The maximum Gasteiger partial charge on any atom is 0.163 e. The summed E-state index contributed by atoms with van der Waals surface area (Å²) in [7, 11) is 0. The lowest BCUT2D eigenvalue weighted by molar-refractivity contribution is -0.149. The maximum atomic E-state index is 9.37. The van der Waals surface area contributed by atoms with Crippen LogP contribution in [0.4, 0.5) is 0 Å². The van der Waals surface area contributed by atoms with Crippen molar-refractivity contribution in [3.8, 4) is 0 Å². The van der Waals surface area contributed by atoms with E-state index in [2.05, 4.69) is 0 Å². The molecule has 1 saturated heterocycles. The lowest BCUT2D eigenvalue weighted by Crippen LogP contribution is -2.34. The molecule has 2 N–H and O–H groups in total. The molecule has 0 aliphatic carbocycles. The monoisotopic (exact) mass is 190 g/mol. The van der Waals surface area contributed by atoms with Gasteiger partial charge in [0.15, 0.2) is 5.79 Å². The van der Waals surface area contributed by atoms with Crippen LogP contribution in [0.1, 0.15) is 20.8 Å². The van der Waals surface area contributed by atoms with Crippen LogP contribution in [0, 0.1) is 5.92 Å². The third-order valence-electron chi connectivity index (χ3n) is 2.41. The summed E-state index contributed by atoms with van der Waals surface area (Å²) < 4.78 is 10.9. The fourth-order valence-electron chi connectivity index (χ4n) is 1.39. The van der Waals surface area contributed by atoms with E-state index in [1.165, 1.54) is 0 Å². The quantitative estimate of drug-likeness (QED) is 0.664. The van der Waals surface area contributed by atoms with E-state index in [4.69, 9.17) is 14.6 Å². The molecule has 1 rings (SSSR count). The third-order valence-corrected chi connectivity index (χ3v) is 2.41. The van der Waals surface area contributed by atoms with Crippen molar-refractivity contribution in [3.63, 3.8) is 0 Å². The normalized spacial score (nSPS) is 31.6. The molecule has 4 nitrogen and oxygen atoms in total. The average Bonchev–Trinajstić information content (AvgIpc) is 2.43. The standard InChI is InChI=1S/C9H18O4/c1-6(7(11)4-10)8-5-12-9(2,3)13-8/h6-8,10-11H,4-5H2,1-3H3/t6?,7?,8-/m1/s1. The molecule has 4 heteroatoms. The minimum absolute atomic E-state index is 0.105. The molecule has 0 spiro atoms. The Morgan fingerprint density at radius 1 is 1.54 bits per heavy atom. The first-order chi connectivity index (χ1) is 5.96. The summed E-state index contributed by atoms with van der Waals surface area (Å²) in [5, 5.41) is 18.1. The van der Waals surface area contributed by atoms with Gasteiger partial charge < -0.3 is 19.7 Å². The number of aliphatic hydroxyl groups excluding tert-OH is 2. The van der Waals surface area contributed by atoms with Crippen LogP contribution in [0.3, 0.4) is 0 Å². The van der Waals surface area contributed by atoms with Gasteiger partial charge in [-0.15, -0.1) is 0 Å². The first kappa shape index (κ1) is 10.9. The van der Waals surface area contributed by atoms with Gasteiger partial charge in [-0.2, -0.15) is 0 Å². The highest BCUT2D eigenvalue weighted by Gasteiger charge is 2.37. The molecular weight excluding hydrogens is 172 g/mol. The van der Waals surface area contributed by atoms with Crippen molar-refractivity contribution in [3.05, 3.63) is 0 Å². The van der Waals surface area contributed by atoms with Crippen LogP contribution < -0.4 is 0 Å². The molecule has 0 aromatic heterocycles. The summed E-state index contributed by atoms with van der Waals surface area (Å²) >= 11 is 0. The van der Waals surface area contributed by atoms with E-state index in [1.807, 2.05) is 20.8 Å². The Kier molecular flexibility index (Phi) is 3.29.